The summed E-state index contributed by atoms with van der Waals surface area (Å²) in [5.74, 6) is -0.787. The number of benzene rings is 1. The predicted molar refractivity (Wildman–Crippen MR) is 108 cm³/mol. The molecule has 1 aliphatic rings. The molecule has 0 aliphatic carbocycles. The Morgan fingerprint density at radius 2 is 2.00 bits per heavy atom. The maximum Gasteiger partial charge on any atom is 0.248 e. The number of carbonyl (C=O) groups is 1. The Bertz CT molecular complexity index is 1130. The summed E-state index contributed by atoms with van der Waals surface area (Å²) < 4.78 is 38.6. The molecule has 3 rings (SSSR count). The first-order chi connectivity index (χ1) is 14.2. The van der Waals surface area contributed by atoms with Crippen LogP contribution in [-0.2, 0) is 14.8 Å². The van der Waals surface area contributed by atoms with Crippen LogP contribution in [0, 0.1) is 17.1 Å². The lowest BCUT2D eigenvalue weighted by molar-refractivity contribution is -0.130. The van der Waals surface area contributed by atoms with Crippen molar-refractivity contribution in [1.29, 1.82) is 5.26 Å². The predicted octanol–water partition coefficient (Wildman–Crippen LogP) is 2.05. The molecule has 8 nitrogen and oxygen atoms in total. The van der Waals surface area contributed by atoms with Crippen molar-refractivity contribution in [3.63, 3.8) is 0 Å². The molecule has 1 atom stereocenters. The van der Waals surface area contributed by atoms with Gasteiger partial charge in [0.05, 0.1) is 36.3 Å². The first-order valence-corrected chi connectivity index (χ1v) is 11.1. The Kier molecular flexibility index (Phi) is 6.45. The number of aromatic nitrogens is 2. The van der Waals surface area contributed by atoms with E-state index in [4.69, 9.17) is 11.6 Å². The molecule has 1 fully saturated rings. The first-order valence-electron chi connectivity index (χ1n) is 8.78. The molecule has 1 aromatic heterocycles. The Balaban J connectivity index is 2.10. The van der Waals surface area contributed by atoms with Crippen LogP contribution < -0.4 is 0 Å². The zero-order valence-corrected chi connectivity index (χ0v) is 17.4. The monoisotopic (exact) mass is 449 g/mol. The number of nitriles is 1. The second-order valence-corrected chi connectivity index (χ2v) is 8.88. The molecule has 1 unspecified atom stereocenters. The number of hydrogen-bond acceptors (Lipinski definition) is 6. The fourth-order valence-electron chi connectivity index (χ4n) is 3.26. The van der Waals surface area contributed by atoms with Crippen LogP contribution in [0.2, 0.25) is 0 Å². The van der Waals surface area contributed by atoms with Gasteiger partial charge in [-0.1, -0.05) is 11.6 Å². The molecule has 0 radical (unpaired) electrons. The summed E-state index contributed by atoms with van der Waals surface area (Å²) in [6, 6.07) is 6.15. The fourth-order valence-corrected chi connectivity index (χ4v) is 4.19. The number of carbonyl (C=O) groups excluding carboxylic acids is 1. The van der Waals surface area contributed by atoms with Crippen molar-refractivity contribution in [2.75, 3.05) is 25.9 Å². The van der Waals surface area contributed by atoms with E-state index >= 15 is 0 Å². The van der Waals surface area contributed by atoms with Gasteiger partial charge in [0, 0.05) is 36.8 Å². The molecule has 11 heteroatoms. The molecule has 0 N–H and O–H groups in total. The van der Waals surface area contributed by atoms with Gasteiger partial charge in [0.1, 0.15) is 0 Å². The molecule has 0 saturated carbocycles. The van der Waals surface area contributed by atoms with Crippen molar-refractivity contribution >= 4 is 27.5 Å². The van der Waals surface area contributed by atoms with Gasteiger partial charge in [-0.2, -0.15) is 9.57 Å². The van der Waals surface area contributed by atoms with Gasteiger partial charge in [0.15, 0.2) is 11.6 Å². The lowest BCUT2D eigenvalue weighted by Crippen LogP contribution is -2.51. The van der Waals surface area contributed by atoms with E-state index in [-0.39, 0.29) is 36.9 Å². The van der Waals surface area contributed by atoms with Crippen molar-refractivity contribution < 1.29 is 17.6 Å². The highest BCUT2D eigenvalue weighted by Crippen LogP contribution is 2.30. The van der Waals surface area contributed by atoms with Crippen LogP contribution in [0.3, 0.4) is 0 Å². The van der Waals surface area contributed by atoms with Crippen LogP contribution >= 0.6 is 11.6 Å². The van der Waals surface area contributed by atoms with E-state index in [9.17, 15) is 22.9 Å². The van der Waals surface area contributed by atoms with E-state index in [0.29, 0.717) is 11.1 Å². The van der Waals surface area contributed by atoms with Crippen LogP contribution in [0.1, 0.15) is 17.2 Å². The van der Waals surface area contributed by atoms with Gasteiger partial charge in [-0.25, -0.2) is 22.8 Å². The van der Waals surface area contributed by atoms with Crippen LogP contribution in [0.15, 0.2) is 42.2 Å². The average molecular weight is 450 g/mol. The highest BCUT2D eigenvalue weighted by atomic mass is 35.5. The summed E-state index contributed by atoms with van der Waals surface area (Å²) in [5.41, 5.74) is 2.33. The van der Waals surface area contributed by atoms with E-state index in [2.05, 4.69) is 9.97 Å². The van der Waals surface area contributed by atoms with Gasteiger partial charge >= 0.3 is 0 Å². The Labute approximate surface area is 178 Å². The third kappa shape index (κ3) is 4.81. The number of rotatable bonds is 4. The van der Waals surface area contributed by atoms with E-state index in [1.165, 1.54) is 15.3 Å². The zero-order chi connectivity index (χ0) is 21.9. The van der Waals surface area contributed by atoms with Gasteiger partial charge in [0.2, 0.25) is 15.9 Å². The molecule has 1 aliphatic heterocycles. The van der Waals surface area contributed by atoms with Crippen molar-refractivity contribution in [3.8, 4) is 17.5 Å². The summed E-state index contributed by atoms with van der Waals surface area (Å²) in [6.45, 7) is 0.305. The van der Waals surface area contributed by atoms with E-state index in [0.717, 1.165) is 24.2 Å². The summed E-state index contributed by atoms with van der Waals surface area (Å²) in [7, 11) is -3.49. The number of nitrogens with zero attached hydrogens (tertiary/aromatic N) is 5. The van der Waals surface area contributed by atoms with E-state index in [1.807, 2.05) is 6.07 Å². The molecular weight excluding hydrogens is 433 g/mol. The minimum Gasteiger partial charge on any atom is -0.329 e. The number of amides is 1. The van der Waals surface area contributed by atoms with Crippen LogP contribution in [0.4, 0.5) is 4.39 Å². The van der Waals surface area contributed by atoms with Gasteiger partial charge in [-0.3, -0.25) is 4.79 Å². The second-order valence-electron chi connectivity index (χ2n) is 6.64. The summed E-state index contributed by atoms with van der Waals surface area (Å²) in [4.78, 5) is 21.9. The molecular formula is C19H17ClFN5O3S. The summed E-state index contributed by atoms with van der Waals surface area (Å²) in [6.07, 6.45) is 4.30. The van der Waals surface area contributed by atoms with Crippen molar-refractivity contribution in [3.05, 3.63) is 59.1 Å². The maximum atomic E-state index is 13.2. The third-order valence-corrected chi connectivity index (χ3v) is 6.04. The SMILES string of the molecule is CS(=O)(=O)N1CCN(C(=O)/C=C\Cl)C(c2cc(C#N)cc(-c3ncc(F)cn3)c2)C1. The minimum absolute atomic E-state index is 0.0132. The number of halogens is 2. The molecule has 2 heterocycles. The minimum atomic E-state index is -3.49. The largest absolute Gasteiger partial charge is 0.329 e. The van der Waals surface area contributed by atoms with Crippen molar-refractivity contribution in [1.82, 2.24) is 19.2 Å². The molecule has 0 bridgehead atoms. The Morgan fingerprint density at radius 3 is 2.60 bits per heavy atom. The fraction of sp³-hybridized carbons (Fsp3) is 0.263. The maximum absolute atomic E-state index is 13.2. The first kappa shape index (κ1) is 21.8. The number of piperazine rings is 1. The molecule has 1 saturated heterocycles. The molecule has 1 aromatic carbocycles. The van der Waals surface area contributed by atoms with Crippen molar-refractivity contribution in [2.45, 2.75) is 6.04 Å². The van der Waals surface area contributed by atoms with E-state index < -0.39 is 21.9 Å². The van der Waals surface area contributed by atoms with Crippen LogP contribution in [0.5, 0.6) is 0 Å². The van der Waals surface area contributed by atoms with E-state index in [1.54, 1.807) is 18.2 Å². The smallest absolute Gasteiger partial charge is 0.248 e. The molecule has 156 valence electrons. The Hall–Kier alpha value is -2.87. The van der Waals surface area contributed by atoms with Crippen LogP contribution in [-0.4, -0.2) is 59.4 Å². The molecule has 0 spiro atoms. The normalized spacial score (nSPS) is 17.8. The lowest BCUT2D eigenvalue weighted by atomic mass is 9.97. The summed E-state index contributed by atoms with van der Waals surface area (Å²) in [5, 5.41) is 9.45. The third-order valence-electron chi connectivity index (χ3n) is 4.65. The Morgan fingerprint density at radius 1 is 1.30 bits per heavy atom. The summed E-state index contributed by atoms with van der Waals surface area (Å²) >= 11 is 5.55. The topological polar surface area (TPSA) is 107 Å². The van der Waals surface area contributed by atoms with Crippen molar-refractivity contribution in [2.24, 2.45) is 0 Å². The van der Waals surface area contributed by atoms with Gasteiger partial charge in [-0.15, -0.1) is 0 Å². The van der Waals surface area contributed by atoms with Gasteiger partial charge < -0.3 is 4.90 Å². The van der Waals surface area contributed by atoms with Crippen LogP contribution in [0.25, 0.3) is 11.4 Å². The average Bonchev–Trinajstić information content (AvgIpc) is 2.73. The zero-order valence-electron chi connectivity index (χ0n) is 15.9. The number of hydrogen-bond donors (Lipinski definition) is 0. The number of sulfonamides is 1. The molecule has 2 aromatic rings. The quantitative estimate of drug-likeness (QED) is 0.661. The highest BCUT2D eigenvalue weighted by molar-refractivity contribution is 7.88. The second kappa shape index (κ2) is 8.87. The standard InChI is InChI=1S/C19H17ClFN5O3S/c1-30(28,29)25-4-5-26(18(27)2-3-20)17(12-25)14-6-13(9-22)7-15(8-14)19-23-10-16(21)11-24-19/h2-3,6-8,10-11,17H,4-5,12H2,1H3/b3-2-. The van der Waals surface area contributed by atoms with Gasteiger partial charge in [0.25, 0.3) is 0 Å². The molecule has 1 amide bonds. The molecule has 30 heavy (non-hydrogen) atoms. The van der Waals surface area contributed by atoms with Gasteiger partial charge in [-0.05, 0) is 23.8 Å². The lowest BCUT2D eigenvalue weighted by Gasteiger charge is -2.40. The highest BCUT2D eigenvalue weighted by Gasteiger charge is 2.34.